The monoisotopic (exact) mass is 493 g/mol. The molecule has 2 saturated heterocycles. The molecule has 8 heteroatoms. The van der Waals surface area contributed by atoms with Crippen molar-refractivity contribution in [1.29, 1.82) is 0 Å². The molecule has 2 fully saturated rings. The van der Waals surface area contributed by atoms with Crippen molar-refractivity contribution in [3.8, 4) is 5.75 Å². The Morgan fingerprint density at radius 3 is 2.58 bits per heavy atom. The molecule has 2 unspecified atom stereocenters. The van der Waals surface area contributed by atoms with Crippen LogP contribution in [0, 0.1) is 0 Å². The van der Waals surface area contributed by atoms with Gasteiger partial charge in [0.2, 0.25) is 0 Å². The molecule has 0 saturated carbocycles. The molecule has 5 rings (SSSR count). The maximum Gasteiger partial charge on any atom is 0.255 e. The Labute approximate surface area is 212 Å². The number of hydrogen-bond donors (Lipinski definition) is 2. The molecule has 2 aromatic rings. The third-order valence-corrected chi connectivity index (χ3v) is 7.70. The number of amides is 2. The number of carbonyl (C=O) groups excluding carboxylic acids is 2. The lowest BCUT2D eigenvalue weighted by atomic mass is 9.91. The zero-order valence-electron chi connectivity index (χ0n) is 21.0. The van der Waals surface area contributed by atoms with E-state index in [0.29, 0.717) is 36.7 Å². The number of carbonyl (C=O) groups is 2. The second kappa shape index (κ2) is 10.6. The molecule has 2 N–H and O–H groups in total. The van der Waals surface area contributed by atoms with Crippen molar-refractivity contribution in [2.45, 2.75) is 57.0 Å². The minimum Gasteiger partial charge on any atom is -0.493 e. The van der Waals surface area contributed by atoms with Crippen molar-refractivity contribution >= 4 is 11.8 Å². The summed E-state index contributed by atoms with van der Waals surface area (Å²) < 4.78 is 11.4. The van der Waals surface area contributed by atoms with Crippen LogP contribution in [-0.2, 0) is 17.7 Å². The van der Waals surface area contributed by atoms with Gasteiger partial charge in [-0.2, -0.15) is 0 Å². The van der Waals surface area contributed by atoms with Crippen LogP contribution >= 0.6 is 0 Å². The molecule has 0 radical (unpaired) electrons. The predicted molar refractivity (Wildman–Crippen MR) is 135 cm³/mol. The molecule has 3 heterocycles. The van der Waals surface area contributed by atoms with Crippen molar-refractivity contribution in [2.75, 3.05) is 33.4 Å². The average Bonchev–Trinajstić information content (AvgIpc) is 3.14. The summed E-state index contributed by atoms with van der Waals surface area (Å²) >= 11 is 0. The number of nitrogens with one attached hydrogen (secondary N) is 1. The molecular weight excluding hydrogens is 458 g/mol. The Kier molecular flexibility index (Phi) is 7.27. The van der Waals surface area contributed by atoms with E-state index in [1.165, 1.54) is 11.1 Å². The minimum absolute atomic E-state index is 0.0465. The number of hydrogen-bond acceptors (Lipinski definition) is 6. The van der Waals surface area contributed by atoms with Crippen LogP contribution in [0.15, 0.2) is 42.5 Å². The van der Waals surface area contributed by atoms with E-state index in [0.717, 1.165) is 25.8 Å². The molecule has 2 bridgehead atoms. The topological polar surface area (TPSA) is 91.3 Å². The fraction of sp³-hybridized carbons (Fsp3) is 0.500. The van der Waals surface area contributed by atoms with Gasteiger partial charge in [0.1, 0.15) is 5.75 Å². The summed E-state index contributed by atoms with van der Waals surface area (Å²) in [6.07, 6.45) is 1.92. The largest absolute Gasteiger partial charge is 0.493 e. The van der Waals surface area contributed by atoms with Gasteiger partial charge < -0.3 is 24.8 Å². The smallest absolute Gasteiger partial charge is 0.255 e. The summed E-state index contributed by atoms with van der Waals surface area (Å²) in [5, 5.41) is 13.8. The predicted octanol–water partition coefficient (Wildman–Crippen LogP) is 2.24. The van der Waals surface area contributed by atoms with Gasteiger partial charge >= 0.3 is 0 Å². The van der Waals surface area contributed by atoms with Gasteiger partial charge in [-0.15, -0.1) is 0 Å². The summed E-state index contributed by atoms with van der Waals surface area (Å²) in [7, 11) is 2.00. The van der Waals surface area contributed by atoms with Crippen molar-refractivity contribution in [3.05, 3.63) is 64.7 Å². The lowest BCUT2D eigenvalue weighted by Gasteiger charge is -2.37. The van der Waals surface area contributed by atoms with Gasteiger partial charge in [-0.05, 0) is 62.6 Å². The number of morpholine rings is 1. The number of benzene rings is 2. The van der Waals surface area contributed by atoms with Crippen molar-refractivity contribution < 1.29 is 24.2 Å². The van der Waals surface area contributed by atoms with Gasteiger partial charge in [0.15, 0.2) is 0 Å². The SMILES string of the molecule is CCOc1cc(C(=O)N2C3CCC2COC3)ccc1C(=O)NC[C@@H](O)[C@@H]1Cc2ccccc2CN1C. The molecule has 2 amide bonds. The molecule has 3 aliphatic heterocycles. The highest BCUT2D eigenvalue weighted by Gasteiger charge is 2.40. The second-order valence-electron chi connectivity index (χ2n) is 10.0. The van der Waals surface area contributed by atoms with E-state index < -0.39 is 6.10 Å². The summed E-state index contributed by atoms with van der Waals surface area (Å²) in [5.74, 6) is -0.00351. The summed E-state index contributed by atoms with van der Waals surface area (Å²) in [5.41, 5.74) is 3.37. The van der Waals surface area contributed by atoms with Crippen molar-refractivity contribution in [3.63, 3.8) is 0 Å². The molecule has 0 aromatic heterocycles. The molecule has 0 aliphatic carbocycles. The Morgan fingerprint density at radius 1 is 1.14 bits per heavy atom. The van der Waals surface area contributed by atoms with E-state index in [9.17, 15) is 14.7 Å². The first-order valence-corrected chi connectivity index (χ1v) is 12.9. The quantitative estimate of drug-likeness (QED) is 0.615. The third kappa shape index (κ3) is 4.85. The third-order valence-electron chi connectivity index (χ3n) is 7.70. The van der Waals surface area contributed by atoms with Crippen molar-refractivity contribution in [1.82, 2.24) is 15.1 Å². The minimum atomic E-state index is -0.722. The first kappa shape index (κ1) is 24.7. The number of nitrogens with zero attached hydrogens (tertiary/aromatic N) is 2. The molecule has 0 spiro atoms. The lowest BCUT2D eigenvalue weighted by Crippen LogP contribution is -2.50. The molecule has 36 heavy (non-hydrogen) atoms. The summed E-state index contributed by atoms with van der Waals surface area (Å²) in [6, 6.07) is 13.4. The Morgan fingerprint density at radius 2 is 1.86 bits per heavy atom. The van der Waals surface area contributed by atoms with E-state index in [2.05, 4.69) is 22.3 Å². The molecule has 4 atom stereocenters. The van der Waals surface area contributed by atoms with E-state index in [-0.39, 0.29) is 36.5 Å². The van der Waals surface area contributed by atoms with E-state index in [1.54, 1.807) is 18.2 Å². The highest BCUT2D eigenvalue weighted by Crippen LogP contribution is 2.31. The molecule has 8 nitrogen and oxygen atoms in total. The first-order chi connectivity index (χ1) is 17.5. The molecule has 3 aliphatic rings. The van der Waals surface area contributed by atoms with Crippen LogP contribution in [0.3, 0.4) is 0 Å². The van der Waals surface area contributed by atoms with Crippen LogP contribution in [0.4, 0.5) is 0 Å². The number of rotatable bonds is 7. The highest BCUT2D eigenvalue weighted by molar-refractivity contribution is 6.00. The molecule has 192 valence electrons. The Bertz CT molecular complexity index is 1110. The van der Waals surface area contributed by atoms with Gasteiger partial charge in [-0.25, -0.2) is 0 Å². The van der Waals surface area contributed by atoms with E-state index in [1.807, 2.05) is 31.0 Å². The van der Waals surface area contributed by atoms with E-state index >= 15 is 0 Å². The van der Waals surface area contributed by atoms with Gasteiger partial charge in [-0.3, -0.25) is 14.5 Å². The number of aliphatic hydroxyl groups is 1. The number of fused-ring (bicyclic) bond motifs is 3. The van der Waals surface area contributed by atoms with Crippen LogP contribution in [0.5, 0.6) is 5.75 Å². The van der Waals surface area contributed by atoms with Crippen LogP contribution < -0.4 is 10.1 Å². The molecule has 2 aromatic carbocycles. The van der Waals surface area contributed by atoms with Crippen LogP contribution in [-0.4, -0.2) is 84.4 Å². The van der Waals surface area contributed by atoms with Crippen LogP contribution in [0.1, 0.15) is 51.6 Å². The first-order valence-electron chi connectivity index (χ1n) is 12.9. The van der Waals surface area contributed by atoms with Crippen LogP contribution in [0.25, 0.3) is 0 Å². The number of ether oxygens (including phenoxy) is 2. The zero-order chi connectivity index (χ0) is 25.2. The van der Waals surface area contributed by atoms with Gasteiger partial charge in [0, 0.05) is 24.7 Å². The van der Waals surface area contributed by atoms with Crippen molar-refractivity contribution in [2.24, 2.45) is 0 Å². The highest BCUT2D eigenvalue weighted by atomic mass is 16.5. The number of aliphatic hydroxyl groups excluding tert-OH is 1. The zero-order valence-corrected chi connectivity index (χ0v) is 21.0. The lowest BCUT2D eigenvalue weighted by molar-refractivity contribution is -0.00717. The van der Waals surface area contributed by atoms with Crippen LogP contribution in [0.2, 0.25) is 0 Å². The van der Waals surface area contributed by atoms with Gasteiger partial charge in [0.25, 0.3) is 11.8 Å². The fourth-order valence-electron chi connectivity index (χ4n) is 5.76. The Hall–Kier alpha value is -2.94. The maximum atomic E-state index is 13.3. The standard InChI is InChI=1S/C28H35N3O5/c1-3-36-26-13-19(28(34)31-21-9-10-22(31)17-35-16-21)8-11-23(26)27(33)29-14-25(32)24-12-18-6-4-5-7-20(18)15-30(24)2/h4-8,11,13,21-22,24-25,32H,3,9-10,12,14-17H2,1-2H3,(H,29,33)/t21?,22?,24-,25+/m0/s1. The average molecular weight is 494 g/mol. The molecular formula is C28H35N3O5. The summed E-state index contributed by atoms with van der Waals surface area (Å²) in [6.45, 7) is 4.25. The second-order valence-corrected chi connectivity index (χ2v) is 10.0. The van der Waals surface area contributed by atoms with E-state index in [4.69, 9.17) is 9.47 Å². The Balaban J connectivity index is 1.26. The summed E-state index contributed by atoms with van der Waals surface area (Å²) in [4.78, 5) is 30.4. The van der Waals surface area contributed by atoms with Gasteiger partial charge in [-0.1, -0.05) is 24.3 Å². The number of likely N-dealkylation sites (N-methyl/N-ethyl adjacent to an activating group) is 1. The van der Waals surface area contributed by atoms with Gasteiger partial charge in [0.05, 0.1) is 43.6 Å². The maximum absolute atomic E-state index is 13.3. The fourth-order valence-corrected chi connectivity index (χ4v) is 5.76. The normalized spacial score (nSPS) is 24.2.